The number of nitrogens with zero attached hydrogens (tertiary/aromatic N) is 2. The fraction of sp³-hybridized carbons (Fsp3) is 0.750. The molecule has 1 heterocycles. The van der Waals surface area contributed by atoms with E-state index in [0.717, 1.165) is 19.4 Å². The topological polar surface area (TPSA) is 49.8 Å². The first-order valence-electron chi connectivity index (χ1n) is 7.99. The Labute approximate surface area is 128 Å². The van der Waals surface area contributed by atoms with E-state index in [0.29, 0.717) is 12.5 Å². The first-order chi connectivity index (χ1) is 9.98. The molecule has 0 aliphatic rings. The van der Waals surface area contributed by atoms with E-state index in [1.54, 1.807) is 0 Å². The van der Waals surface area contributed by atoms with Crippen molar-refractivity contribution < 1.29 is 4.39 Å². The minimum absolute atomic E-state index is 0.129. The zero-order valence-electron chi connectivity index (χ0n) is 13.8. The Morgan fingerprint density at radius 2 is 1.90 bits per heavy atom. The second-order valence-corrected chi connectivity index (χ2v) is 6.29. The maximum Gasteiger partial charge on any atom is 0.224 e. The van der Waals surface area contributed by atoms with Gasteiger partial charge in [0.2, 0.25) is 5.95 Å². The molecule has 0 radical (unpaired) electrons. The molecule has 0 fully saturated rings. The second-order valence-electron chi connectivity index (χ2n) is 6.29. The van der Waals surface area contributed by atoms with Crippen LogP contribution in [0.4, 0.5) is 16.2 Å². The Morgan fingerprint density at radius 1 is 1.14 bits per heavy atom. The smallest absolute Gasteiger partial charge is 0.224 e. The van der Waals surface area contributed by atoms with E-state index >= 15 is 0 Å². The number of hydrogen-bond acceptors (Lipinski definition) is 4. The van der Waals surface area contributed by atoms with Crippen molar-refractivity contribution in [1.82, 2.24) is 9.97 Å². The van der Waals surface area contributed by atoms with Gasteiger partial charge in [0.25, 0.3) is 0 Å². The van der Waals surface area contributed by atoms with Gasteiger partial charge in [-0.3, -0.25) is 0 Å². The average molecular weight is 296 g/mol. The van der Waals surface area contributed by atoms with Crippen LogP contribution >= 0.6 is 0 Å². The number of anilines is 2. The number of halogens is 1. The van der Waals surface area contributed by atoms with E-state index < -0.39 is 5.82 Å². The number of aromatic nitrogens is 2. The molecule has 1 aromatic heterocycles. The van der Waals surface area contributed by atoms with Gasteiger partial charge in [0, 0.05) is 13.1 Å². The third-order valence-corrected chi connectivity index (χ3v) is 3.47. The highest BCUT2D eigenvalue weighted by Gasteiger charge is 2.18. The number of rotatable bonds is 10. The summed E-state index contributed by atoms with van der Waals surface area (Å²) >= 11 is 0. The van der Waals surface area contributed by atoms with E-state index in [1.165, 1.54) is 25.5 Å². The summed E-state index contributed by atoms with van der Waals surface area (Å²) in [6, 6.07) is 0. The maximum absolute atomic E-state index is 13.8. The first-order valence-corrected chi connectivity index (χ1v) is 7.99. The summed E-state index contributed by atoms with van der Waals surface area (Å²) in [6.45, 7) is 10.2. The minimum atomic E-state index is -0.401. The third-order valence-electron chi connectivity index (χ3n) is 3.47. The van der Waals surface area contributed by atoms with Gasteiger partial charge in [-0.05, 0) is 18.3 Å². The van der Waals surface area contributed by atoms with Crippen LogP contribution in [0.2, 0.25) is 0 Å². The van der Waals surface area contributed by atoms with Gasteiger partial charge in [0.05, 0.1) is 6.20 Å². The molecule has 2 N–H and O–H groups in total. The zero-order valence-corrected chi connectivity index (χ0v) is 13.8. The van der Waals surface area contributed by atoms with E-state index in [4.69, 9.17) is 0 Å². The van der Waals surface area contributed by atoms with E-state index in [2.05, 4.69) is 48.3 Å². The SMILES string of the molecule is CCCCCC(C)(C)CNc1nc(NCCC)ncc1F. The minimum Gasteiger partial charge on any atom is -0.367 e. The zero-order chi connectivity index (χ0) is 15.7. The van der Waals surface area contributed by atoms with Crippen molar-refractivity contribution in [2.75, 3.05) is 23.7 Å². The monoisotopic (exact) mass is 296 g/mol. The largest absolute Gasteiger partial charge is 0.367 e. The summed E-state index contributed by atoms with van der Waals surface area (Å²) < 4.78 is 13.8. The van der Waals surface area contributed by atoms with Crippen LogP contribution in [-0.2, 0) is 0 Å². The lowest BCUT2D eigenvalue weighted by Crippen LogP contribution is -2.24. The summed E-state index contributed by atoms with van der Waals surface area (Å²) in [5.41, 5.74) is 0.129. The molecule has 1 rings (SSSR count). The van der Waals surface area contributed by atoms with Crippen molar-refractivity contribution >= 4 is 11.8 Å². The van der Waals surface area contributed by atoms with Crippen molar-refractivity contribution in [3.63, 3.8) is 0 Å². The van der Waals surface area contributed by atoms with Crippen molar-refractivity contribution in [2.45, 2.75) is 59.8 Å². The van der Waals surface area contributed by atoms with Crippen LogP contribution < -0.4 is 10.6 Å². The molecule has 0 amide bonds. The van der Waals surface area contributed by atoms with E-state index in [9.17, 15) is 4.39 Å². The second kappa shape index (κ2) is 8.80. The lowest BCUT2D eigenvalue weighted by Gasteiger charge is -2.25. The van der Waals surface area contributed by atoms with Gasteiger partial charge in [0.1, 0.15) is 0 Å². The molecular weight excluding hydrogens is 267 g/mol. The quantitative estimate of drug-likeness (QED) is 0.626. The molecule has 120 valence electrons. The Bertz CT molecular complexity index is 421. The van der Waals surface area contributed by atoms with Crippen LogP contribution in [0.15, 0.2) is 6.20 Å². The summed E-state index contributed by atoms with van der Waals surface area (Å²) in [5, 5.41) is 6.20. The summed E-state index contributed by atoms with van der Waals surface area (Å²) in [5.74, 6) is 0.359. The lowest BCUT2D eigenvalue weighted by molar-refractivity contribution is 0.341. The highest BCUT2D eigenvalue weighted by molar-refractivity contribution is 5.41. The van der Waals surface area contributed by atoms with Crippen LogP contribution in [0.1, 0.15) is 59.8 Å². The molecule has 1 aromatic rings. The molecule has 0 unspecified atom stereocenters. The van der Waals surface area contributed by atoms with E-state index in [1.807, 2.05) is 0 Å². The fourth-order valence-corrected chi connectivity index (χ4v) is 2.08. The summed E-state index contributed by atoms with van der Waals surface area (Å²) in [4.78, 5) is 8.15. The first kappa shape index (κ1) is 17.7. The normalized spacial score (nSPS) is 11.5. The molecule has 0 atom stereocenters. The number of unbranched alkanes of at least 4 members (excludes halogenated alkanes) is 2. The molecule has 0 aliphatic heterocycles. The van der Waals surface area contributed by atoms with Crippen LogP contribution in [0.3, 0.4) is 0 Å². The molecule has 0 saturated heterocycles. The van der Waals surface area contributed by atoms with Gasteiger partial charge < -0.3 is 10.6 Å². The Kier molecular flexibility index (Phi) is 7.40. The average Bonchev–Trinajstić information content (AvgIpc) is 2.45. The predicted molar refractivity (Wildman–Crippen MR) is 87.2 cm³/mol. The highest BCUT2D eigenvalue weighted by Crippen LogP contribution is 2.24. The molecular formula is C16H29FN4. The molecule has 0 aromatic carbocycles. The van der Waals surface area contributed by atoms with E-state index in [-0.39, 0.29) is 11.2 Å². The number of nitrogens with one attached hydrogen (secondary N) is 2. The van der Waals surface area contributed by atoms with Gasteiger partial charge in [-0.15, -0.1) is 0 Å². The predicted octanol–water partition coefficient (Wildman–Crippen LogP) is 4.46. The molecule has 5 heteroatoms. The van der Waals surface area contributed by atoms with Crippen molar-refractivity contribution in [2.24, 2.45) is 5.41 Å². The van der Waals surface area contributed by atoms with Crippen molar-refractivity contribution in [3.8, 4) is 0 Å². The molecule has 0 bridgehead atoms. The molecule has 0 aliphatic carbocycles. The summed E-state index contributed by atoms with van der Waals surface area (Å²) in [6.07, 6.45) is 7.00. The molecule has 0 saturated carbocycles. The van der Waals surface area contributed by atoms with Crippen LogP contribution in [0, 0.1) is 11.2 Å². The van der Waals surface area contributed by atoms with Crippen molar-refractivity contribution in [3.05, 3.63) is 12.0 Å². The van der Waals surface area contributed by atoms with Gasteiger partial charge in [0.15, 0.2) is 11.6 Å². The molecule has 4 nitrogen and oxygen atoms in total. The van der Waals surface area contributed by atoms with Crippen LogP contribution in [0.5, 0.6) is 0 Å². The van der Waals surface area contributed by atoms with Gasteiger partial charge in [-0.2, -0.15) is 4.98 Å². The fourth-order valence-electron chi connectivity index (χ4n) is 2.08. The maximum atomic E-state index is 13.8. The standard InChI is InChI=1S/C16H29FN4/c1-5-7-8-9-16(3,4)12-20-14-13(17)11-19-15(21-14)18-10-6-2/h11H,5-10,12H2,1-4H3,(H2,18,19,20,21). The van der Waals surface area contributed by atoms with Gasteiger partial charge >= 0.3 is 0 Å². The Hall–Kier alpha value is -1.39. The summed E-state index contributed by atoms with van der Waals surface area (Å²) in [7, 11) is 0. The molecule has 21 heavy (non-hydrogen) atoms. The number of hydrogen-bond donors (Lipinski definition) is 2. The van der Waals surface area contributed by atoms with Crippen LogP contribution in [-0.4, -0.2) is 23.1 Å². The van der Waals surface area contributed by atoms with Crippen LogP contribution in [0.25, 0.3) is 0 Å². The van der Waals surface area contributed by atoms with Gasteiger partial charge in [-0.25, -0.2) is 9.37 Å². The highest BCUT2D eigenvalue weighted by atomic mass is 19.1. The Balaban J connectivity index is 2.56. The molecule has 0 spiro atoms. The van der Waals surface area contributed by atoms with Gasteiger partial charge in [-0.1, -0.05) is 47.0 Å². The lowest BCUT2D eigenvalue weighted by atomic mass is 9.87. The van der Waals surface area contributed by atoms with Crippen molar-refractivity contribution in [1.29, 1.82) is 0 Å². The third kappa shape index (κ3) is 6.74. The Morgan fingerprint density at radius 3 is 2.57 bits per heavy atom.